The summed E-state index contributed by atoms with van der Waals surface area (Å²) in [6, 6.07) is 23.3. The van der Waals surface area contributed by atoms with Crippen molar-refractivity contribution in [1.82, 2.24) is 15.1 Å². The molecule has 35 heavy (non-hydrogen) atoms. The second-order valence-corrected chi connectivity index (χ2v) is 9.19. The maximum Gasteiger partial charge on any atom is 0.254 e. The standard InChI is InChI=1S/C28H30N4O3/c33-26-19-22(20-32(26)23-9-2-1-3-10-23)27(34)29-13-14-30-15-17-31(18-16-30)28(35)25-12-6-8-21-7-4-5-11-24(21)25/h1-12,22H,13-20H2,(H,29,34). The molecular weight excluding hydrogens is 440 g/mol. The zero-order chi connectivity index (χ0) is 24.2. The van der Waals surface area contributed by atoms with E-state index in [1.54, 1.807) is 4.90 Å². The smallest absolute Gasteiger partial charge is 0.254 e. The van der Waals surface area contributed by atoms with Crippen LogP contribution in [0.25, 0.3) is 10.8 Å². The number of carbonyl (C=O) groups is 3. The molecule has 1 unspecified atom stereocenters. The first kappa shape index (κ1) is 23.1. The van der Waals surface area contributed by atoms with Gasteiger partial charge in [-0.1, -0.05) is 54.6 Å². The molecule has 2 aliphatic heterocycles. The van der Waals surface area contributed by atoms with Gasteiger partial charge in [-0.3, -0.25) is 19.3 Å². The molecule has 0 radical (unpaired) electrons. The van der Waals surface area contributed by atoms with Crippen molar-refractivity contribution in [3.05, 3.63) is 78.4 Å². The van der Waals surface area contributed by atoms with Gasteiger partial charge in [0.15, 0.2) is 0 Å². The van der Waals surface area contributed by atoms with Gasteiger partial charge in [-0.05, 0) is 29.0 Å². The predicted octanol–water partition coefficient (Wildman–Crippen LogP) is 2.77. The van der Waals surface area contributed by atoms with E-state index < -0.39 is 0 Å². The molecule has 2 aliphatic rings. The van der Waals surface area contributed by atoms with Crippen LogP contribution in [0.5, 0.6) is 0 Å². The summed E-state index contributed by atoms with van der Waals surface area (Å²) in [6.07, 6.45) is 0.246. The van der Waals surface area contributed by atoms with Crippen LogP contribution in [0.4, 0.5) is 5.69 Å². The molecule has 2 saturated heterocycles. The molecule has 0 saturated carbocycles. The Hall–Kier alpha value is -3.71. The van der Waals surface area contributed by atoms with Gasteiger partial charge in [0.25, 0.3) is 5.91 Å². The predicted molar refractivity (Wildman–Crippen MR) is 136 cm³/mol. The molecule has 2 heterocycles. The minimum Gasteiger partial charge on any atom is -0.355 e. The molecule has 3 amide bonds. The number of carbonyl (C=O) groups excluding carboxylic acids is 3. The van der Waals surface area contributed by atoms with E-state index in [4.69, 9.17) is 0 Å². The zero-order valence-electron chi connectivity index (χ0n) is 19.7. The first-order valence-corrected chi connectivity index (χ1v) is 12.2. The maximum atomic E-state index is 13.1. The SMILES string of the molecule is O=C(NCCN1CCN(C(=O)c2cccc3ccccc23)CC1)C1CC(=O)N(c2ccccc2)C1. The van der Waals surface area contributed by atoms with E-state index in [-0.39, 0.29) is 30.1 Å². The minimum atomic E-state index is -0.321. The van der Waals surface area contributed by atoms with Gasteiger partial charge >= 0.3 is 0 Å². The van der Waals surface area contributed by atoms with Gasteiger partial charge in [0.1, 0.15) is 0 Å². The number of anilines is 1. The van der Waals surface area contributed by atoms with Crippen LogP contribution in [0.15, 0.2) is 72.8 Å². The average molecular weight is 471 g/mol. The first-order chi connectivity index (χ1) is 17.1. The van der Waals surface area contributed by atoms with Crippen molar-refractivity contribution in [2.45, 2.75) is 6.42 Å². The number of hydrogen-bond donors (Lipinski definition) is 1. The number of amides is 3. The molecule has 0 spiro atoms. The van der Waals surface area contributed by atoms with E-state index in [9.17, 15) is 14.4 Å². The molecule has 5 rings (SSSR count). The van der Waals surface area contributed by atoms with E-state index in [0.717, 1.165) is 41.7 Å². The molecule has 7 nitrogen and oxygen atoms in total. The molecule has 2 fully saturated rings. The fourth-order valence-corrected chi connectivity index (χ4v) is 4.98. The second-order valence-electron chi connectivity index (χ2n) is 9.19. The van der Waals surface area contributed by atoms with Crippen LogP contribution in [0.1, 0.15) is 16.8 Å². The van der Waals surface area contributed by atoms with Crippen LogP contribution < -0.4 is 10.2 Å². The lowest BCUT2D eigenvalue weighted by Crippen LogP contribution is -2.50. The van der Waals surface area contributed by atoms with Crippen LogP contribution in [0.3, 0.4) is 0 Å². The molecule has 0 aliphatic carbocycles. The number of rotatable bonds is 6. The largest absolute Gasteiger partial charge is 0.355 e. The monoisotopic (exact) mass is 470 g/mol. The van der Waals surface area contributed by atoms with Crippen molar-refractivity contribution in [3.63, 3.8) is 0 Å². The Balaban J connectivity index is 1.07. The molecule has 1 N–H and O–H groups in total. The van der Waals surface area contributed by atoms with Gasteiger partial charge in [0.05, 0.1) is 5.92 Å². The summed E-state index contributed by atoms with van der Waals surface area (Å²) in [4.78, 5) is 44.0. The summed E-state index contributed by atoms with van der Waals surface area (Å²) in [7, 11) is 0. The summed E-state index contributed by atoms with van der Waals surface area (Å²) >= 11 is 0. The molecule has 1 atom stereocenters. The van der Waals surface area contributed by atoms with Gasteiger partial charge in [-0.15, -0.1) is 0 Å². The van der Waals surface area contributed by atoms with Crippen molar-refractivity contribution in [3.8, 4) is 0 Å². The third-order valence-corrected chi connectivity index (χ3v) is 6.97. The number of para-hydroxylation sites is 1. The average Bonchev–Trinajstić information content (AvgIpc) is 3.30. The third kappa shape index (κ3) is 5.05. The Labute approximate surface area is 205 Å². The number of piperazine rings is 1. The van der Waals surface area contributed by atoms with Crippen LogP contribution in [-0.4, -0.2) is 73.3 Å². The molecule has 0 bridgehead atoms. The summed E-state index contributed by atoms with van der Waals surface area (Å²) in [5.74, 6) is -0.327. The van der Waals surface area contributed by atoms with E-state index in [2.05, 4.69) is 10.2 Å². The molecule has 7 heteroatoms. The van der Waals surface area contributed by atoms with Crippen molar-refractivity contribution < 1.29 is 14.4 Å². The molecular formula is C28H30N4O3. The summed E-state index contributed by atoms with van der Waals surface area (Å²) in [6.45, 7) is 4.56. The highest BCUT2D eigenvalue weighted by molar-refractivity contribution is 6.07. The molecule has 3 aromatic carbocycles. The Morgan fingerprint density at radius 1 is 0.857 bits per heavy atom. The Bertz CT molecular complexity index is 1220. The van der Waals surface area contributed by atoms with E-state index in [1.165, 1.54) is 0 Å². The maximum absolute atomic E-state index is 13.1. The summed E-state index contributed by atoms with van der Waals surface area (Å²) in [5, 5.41) is 5.06. The highest BCUT2D eigenvalue weighted by Crippen LogP contribution is 2.25. The van der Waals surface area contributed by atoms with Crippen LogP contribution in [0.2, 0.25) is 0 Å². The van der Waals surface area contributed by atoms with Gasteiger partial charge in [0, 0.05) is 63.5 Å². The number of nitrogens with one attached hydrogen (secondary N) is 1. The fraction of sp³-hybridized carbons (Fsp3) is 0.321. The normalized spacial score (nSPS) is 18.7. The zero-order valence-corrected chi connectivity index (χ0v) is 19.7. The lowest BCUT2D eigenvalue weighted by Gasteiger charge is -2.35. The second kappa shape index (κ2) is 10.3. The number of benzene rings is 3. The number of fused-ring (bicyclic) bond motifs is 1. The van der Waals surface area contributed by atoms with Gasteiger partial charge in [0.2, 0.25) is 11.8 Å². The van der Waals surface area contributed by atoms with Gasteiger partial charge in [-0.2, -0.15) is 0 Å². The van der Waals surface area contributed by atoms with Gasteiger partial charge < -0.3 is 15.1 Å². The number of hydrogen-bond acceptors (Lipinski definition) is 4. The topological polar surface area (TPSA) is 73.0 Å². The van der Waals surface area contributed by atoms with Crippen LogP contribution in [-0.2, 0) is 9.59 Å². The lowest BCUT2D eigenvalue weighted by molar-refractivity contribution is -0.126. The Kier molecular flexibility index (Phi) is 6.77. The van der Waals surface area contributed by atoms with Crippen LogP contribution >= 0.6 is 0 Å². The third-order valence-electron chi connectivity index (χ3n) is 6.97. The van der Waals surface area contributed by atoms with Crippen molar-refractivity contribution in [2.75, 3.05) is 50.7 Å². The van der Waals surface area contributed by atoms with Crippen LogP contribution in [0, 0.1) is 5.92 Å². The number of nitrogens with zero attached hydrogens (tertiary/aromatic N) is 3. The molecule has 180 valence electrons. The van der Waals surface area contributed by atoms with Crippen molar-refractivity contribution in [2.24, 2.45) is 5.92 Å². The Morgan fingerprint density at radius 2 is 1.57 bits per heavy atom. The van der Waals surface area contributed by atoms with E-state index in [0.29, 0.717) is 26.2 Å². The first-order valence-electron chi connectivity index (χ1n) is 12.2. The highest BCUT2D eigenvalue weighted by atomic mass is 16.2. The fourth-order valence-electron chi connectivity index (χ4n) is 4.98. The lowest BCUT2D eigenvalue weighted by atomic mass is 10.0. The minimum absolute atomic E-state index is 0.0108. The molecule has 0 aromatic heterocycles. The van der Waals surface area contributed by atoms with E-state index >= 15 is 0 Å². The highest BCUT2D eigenvalue weighted by Gasteiger charge is 2.35. The quantitative estimate of drug-likeness (QED) is 0.601. The van der Waals surface area contributed by atoms with Crippen molar-refractivity contribution >= 4 is 34.2 Å². The summed E-state index contributed by atoms with van der Waals surface area (Å²) in [5.41, 5.74) is 1.59. The van der Waals surface area contributed by atoms with Gasteiger partial charge in [-0.25, -0.2) is 0 Å². The van der Waals surface area contributed by atoms with Crippen molar-refractivity contribution in [1.29, 1.82) is 0 Å². The molecule has 3 aromatic rings. The Morgan fingerprint density at radius 3 is 2.37 bits per heavy atom. The summed E-state index contributed by atoms with van der Waals surface area (Å²) < 4.78 is 0. The van der Waals surface area contributed by atoms with E-state index in [1.807, 2.05) is 77.7 Å².